The SMILES string of the molecule is CCOc1ccc(NC=C2C(=O)OC(C)(C)OC2=O)cc1-n1cccc1. The van der Waals surface area contributed by atoms with Crippen molar-refractivity contribution in [2.45, 2.75) is 26.6 Å². The van der Waals surface area contributed by atoms with Crippen LogP contribution in [0.1, 0.15) is 20.8 Å². The summed E-state index contributed by atoms with van der Waals surface area (Å²) in [5.41, 5.74) is 1.31. The van der Waals surface area contributed by atoms with Gasteiger partial charge in [-0.15, -0.1) is 0 Å². The fourth-order valence-electron chi connectivity index (χ4n) is 2.52. The smallest absolute Gasteiger partial charge is 0.350 e. The number of nitrogens with one attached hydrogen (secondary N) is 1. The molecule has 0 atom stereocenters. The largest absolute Gasteiger partial charge is 0.492 e. The predicted molar refractivity (Wildman–Crippen MR) is 94.9 cm³/mol. The second-order valence-corrected chi connectivity index (χ2v) is 6.09. The summed E-state index contributed by atoms with van der Waals surface area (Å²) in [7, 11) is 0. The Kier molecular flexibility index (Phi) is 4.71. The van der Waals surface area contributed by atoms with Crippen molar-refractivity contribution < 1.29 is 23.8 Å². The number of ether oxygens (including phenoxy) is 3. The van der Waals surface area contributed by atoms with E-state index in [0.717, 1.165) is 11.4 Å². The van der Waals surface area contributed by atoms with E-state index in [9.17, 15) is 9.59 Å². The summed E-state index contributed by atoms with van der Waals surface area (Å²) in [6.07, 6.45) is 5.09. The molecule has 0 spiro atoms. The Morgan fingerprint density at radius 1 is 1.15 bits per heavy atom. The van der Waals surface area contributed by atoms with Crippen LogP contribution in [0, 0.1) is 0 Å². The molecule has 136 valence electrons. The highest BCUT2D eigenvalue weighted by atomic mass is 16.7. The summed E-state index contributed by atoms with van der Waals surface area (Å²) in [6.45, 7) is 5.46. The van der Waals surface area contributed by atoms with Crippen LogP contribution in [-0.2, 0) is 19.1 Å². The van der Waals surface area contributed by atoms with Gasteiger partial charge in [0.15, 0.2) is 5.57 Å². The van der Waals surface area contributed by atoms with E-state index in [-0.39, 0.29) is 5.57 Å². The molecule has 7 nitrogen and oxygen atoms in total. The first kappa shape index (κ1) is 17.6. The molecule has 7 heteroatoms. The monoisotopic (exact) mass is 356 g/mol. The highest BCUT2D eigenvalue weighted by molar-refractivity contribution is 6.15. The number of hydrogen-bond donors (Lipinski definition) is 1. The first-order chi connectivity index (χ1) is 12.4. The molecule has 1 N–H and O–H groups in total. The molecule has 0 unspecified atom stereocenters. The summed E-state index contributed by atoms with van der Waals surface area (Å²) in [5.74, 6) is -1.99. The van der Waals surface area contributed by atoms with E-state index < -0.39 is 17.7 Å². The van der Waals surface area contributed by atoms with E-state index in [0.29, 0.717) is 12.3 Å². The van der Waals surface area contributed by atoms with Gasteiger partial charge in [-0.05, 0) is 37.3 Å². The summed E-state index contributed by atoms with van der Waals surface area (Å²) in [6, 6.07) is 9.28. The number of carbonyl (C=O) groups excluding carboxylic acids is 2. The Balaban J connectivity index is 1.85. The third-order valence-electron chi connectivity index (χ3n) is 3.64. The minimum Gasteiger partial charge on any atom is -0.492 e. The second-order valence-electron chi connectivity index (χ2n) is 6.09. The van der Waals surface area contributed by atoms with Gasteiger partial charge >= 0.3 is 11.9 Å². The standard InChI is InChI=1S/C19H20N2O5/c1-4-24-16-8-7-13(11-15(16)21-9-5-6-10-21)20-12-14-17(22)25-19(2,3)26-18(14)23/h5-12,20H,4H2,1-3H3. The number of benzene rings is 1. The molecular formula is C19H20N2O5. The molecule has 3 rings (SSSR count). The van der Waals surface area contributed by atoms with Crippen molar-refractivity contribution in [1.82, 2.24) is 4.57 Å². The van der Waals surface area contributed by atoms with Crippen LogP contribution in [0.3, 0.4) is 0 Å². The van der Waals surface area contributed by atoms with Gasteiger partial charge in [-0.1, -0.05) is 0 Å². The molecule has 0 saturated carbocycles. The van der Waals surface area contributed by atoms with Gasteiger partial charge in [-0.2, -0.15) is 0 Å². The third kappa shape index (κ3) is 3.72. The number of nitrogens with zero attached hydrogens (tertiary/aromatic N) is 1. The van der Waals surface area contributed by atoms with Crippen LogP contribution < -0.4 is 10.1 Å². The Hall–Kier alpha value is -3.22. The fraction of sp³-hybridized carbons (Fsp3) is 0.263. The maximum atomic E-state index is 12.0. The van der Waals surface area contributed by atoms with Gasteiger partial charge in [0.1, 0.15) is 5.75 Å². The third-order valence-corrected chi connectivity index (χ3v) is 3.64. The Labute approximate surface area is 151 Å². The average molecular weight is 356 g/mol. The summed E-state index contributed by atoms with van der Waals surface area (Å²) < 4.78 is 17.7. The summed E-state index contributed by atoms with van der Waals surface area (Å²) in [5, 5.41) is 2.94. The normalized spacial score (nSPS) is 15.9. The number of esters is 2. The molecular weight excluding hydrogens is 336 g/mol. The van der Waals surface area contributed by atoms with Crippen LogP contribution in [0.25, 0.3) is 5.69 Å². The van der Waals surface area contributed by atoms with E-state index in [1.807, 2.05) is 48.1 Å². The zero-order chi connectivity index (χ0) is 18.7. The van der Waals surface area contributed by atoms with Crippen molar-refractivity contribution in [2.75, 3.05) is 11.9 Å². The topological polar surface area (TPSA) is 78.8 Å². The lowest BCUT2D eigenvalue weighted by molar-refractivity contribution is -0.222. The van der Waals surface area contributed by atoms with E-state index >= 15 is 0 Å². The van der Waals surface area contributed by atoms with Gasteiger partial charge in [0.25, 0.3) is 5.79 Å². The second kappa shape index (κ2) is 6.95. The van der Waals surface area contributed by atoms with Crippen LogP contribution in [0.2, 0.25) is 0 Å². The van der Waals surface area contributed by atoms with Crippen molar-refractivity contribution in [3.8, 4) is 11.4 Å². The zero-order valence-corrected chi connectivity index (χ0v) is 14.8. The molecule has 1 aliphatic rings. The molecule has 0 radical (unpaired) electrons. The Morgan fingerprint density at radius 2 is 1.81 bits per heavy atom. The lowest BCUT2D eigenvalue weighted by Gasteiger charge is -2.29. The molecule has 1 saturated heterocycles. The van der Waals surface area contributed by atoms with Crippen LogP contribution in [0.5, 0.6) is 5.75 Å². The van der Waals surface area contributed by atoms with Gasteiger partial charge in [-0.25, -0.2) is 9.59 Å². The fourth-order valence-corrected chi connectivity index (χ4v) is 2.52. The lowest BCUT2D eigenvalue weighted by atomic mass is 10.2. The molecule has 2 aromatic rings. The van der Waals surface area contributed by atoms with Crippen molar-refractivity contribution >= 4 is 17.6 Å². The summed E-state index contributed by atoms with van der Waals surface area (Å²) >= 11 is 0. The van der Waals surface area contributed by atoms with Crippen molar-refractivity contribution in [1.29, 1.82) is 0 Å². The summed E-state index contributed by atoms with van der Waals surface area (Å²) in [4.78, 5) is 24.0. The molecule has 0 aliphatic carbocycles. The molecule has 1 aromatic heterocycles. The van der Waals surface area contributed by atoms with Gasteiger partial charge in [0.2, 0.25) is 0 Å². The minimum atomic E-state index is -1.26. The van der Waals surface area contributed by atoms with Gasteiger partial charge in [0, 0.05) is 38.1 Å². The number of hydrogen-bond acceptors (Lipinski definition) is 6. The first-order valence-electron chi connectivity index (χ1n) is 8.23. The van der Waals surface area contributed by atoms with Gasteiger partial charge in [0.05, 0.1) is 12.3 Å². The van der Waals surface area contributed by atoms with Crippen molar-refractivity contribution in [2.24, 2.45) is 0 Å². The lowest BCUT2D eigenvalue weighted by Crippen LogP contribution is -2.42. The van der Waals surface area contributed by atoms with Crippen LogP contribution in [-0.4, -0.2) is 28.9 Å². The quantitative estimate of drug-likeness (QED) is 0.504. The number of aromatic nitrogens is 1. The zero-order valence-electron chi connectivity index (χ0n) is 14.8. The van der Waals surface area contributed by atoms with Crippen LogP contribution >= 0.6 is 0 Å². The Morgan fingerprint density at radius 3 is 2.42 bits per heavy atom. The average Bonchev–Trinajstić information content (AvgIpc) is 3.08. The van der Waals surface area contributed by atoms with Gasteiger partial charge < -0.3 is 24.1 Å². The number of carbonyl (C=O) groups is 2. The van der Waals surface area contributed by atoms with Crippen molar-refractivity contribution in [3.63, 3.8) is 0 Å². The maximum Gasteiger partial charge on any atom is 0.350 e. The van der Waals surface area contributed by atoms with E-state index in [1.165, 1.54) is 20.0 Å². The predicted octanol–water partition coefficient (Wildman–Crippen LogP) is 3.01. The van der Waals surface area contributed by atoms with Crippen LogP contribution in [0.4, 0.5) is 5.69 Å². The van der Waals surface area contributed by atoms with Crippen molar-refractivity contribution in [3.05, 3.63) is 54.5 Å². The highest BCUT2D eigenvalue weighted by Crippen LogP contribution is 2.28. The highest BCUT2D eigenvalue weighted by Gasteiger charge is 2.38. The number of rotatable bonds is 5. The first-order valence-corrected chi connectivity index (χ1v) is 8.23. The maximum absolute atomic E-state index is 12.0. The molecule has 0 bridgehead atoms. The van der Waals surface area contributed by atoms with Crippen LogP contribution in [0.15, 0.2) is 54.5 Å². The van der Waals surface area contributed by atoms with E-state index in [4.69, 9.17) is 14.2 Å². The minimum absolute atomic E-state index is 0.194. The molecule has 0 amide bonds. The van der Waals surface area contributed by atoms with E-state index in [1.54, 1.807) is 6.07 Å². The Bertz CT molecular complexity index is 831. The van der Waals surface area contributed by atoms with E-state index in [2.05, 4.69) is 5.32 Å². The molecule has 1 aliphatic heterocycles. The van der Waals surface area contributed by atoms with Gasteiger partial charge in [-0.3, -0.25) is 0 Å². The number of anilines is 1. The molecule has 1 aromatic carbocycles. The number of cyclic esters (lactones) is 2. The molecule has 2 heterocycles. The molecule has 1 fully saturated rings. The molecule has 26 heavy (non-hydrogen) atoms.